The highest BCUT2D eigenvalue weighted by atomic mass is 16.1. The molecule has 2 heterocycles. The second-order valence-corrected chi connectivity index (χ2v) is 7.17. The summed E-state index contributed by atoms with van der Waals surface area (Å²) < 4.78 is 1.92. The van der Waals surface area contributed by atoms with Crippen LogP contribution in [-0.2, 0) is 16.6 Å². The Morgan fingerprint density at radius 1 is 1.38 bits per heavy atom. The number of benzene rings is 1. The van der Waals surface area contributed by atoms with Crippen LogP contribution in [0.2, 0.25) is 0 Å². The fourth-order valence-corrected chi connectivity index (χ4v) is 3.48. The minimum absolute atomic E-state index is 0.0663. The van der Waals surface area contributed by atoms with Crippen molar-refractivity contribution in [1.82, 2.24) is 19.7 Å². The number of rotatable bonds is 4. The topological polar surface area (TPSA) is 77.0 Å². The summed E-state index contributed by atoms with van der Waals surface area (Å²) >= 11 is 0. The Morgan fingerprint density at radius 3 is 2.75 bits per heavy atom. The summed E-state index contributed by atoms with van der Waals surface area (Å²) in [6.07, 6.45) is 1.08. The minimum atomic E-state index is -0.409. The van der Waals surface area contributed by atoms with Gasteiger partial charge in [-0.3, -0.25) is 4.79 Å². The van der Waals surface area contributed by atoms with E-state index in [1.54, 1.807) is 0 Å². The third-order valence-corrected chi connectivity index (χ3v) is 4.99. The Balaban J connectivity index is 2.15. The SMILES string of the molecule is Cc1cccc(-n2nc(CC(N)=O)nc2C2(C)CCN(C)C2)c1C. The number of carbonyl (C=O) groups excluding carboxylic acids is 1. The van der Waals surface area contributed by atoms with Crippen molar-refractivity contribution >= 4 is 5.91 Å². The van der Waals surface area contributed by atoms with Crippen molar-refractivity contribution in [2.75, 3.05) is 20.1 Å². The smallest absolute Gasteiger partial charge is 0.225 e. The molecule has 128 valence electrons. The molecule has 0 bridgehead atoms. The average molecular weight is 327 g/mol. The van der Waals surface area contributed by atoms with E-state index >= 15 is 0 Å². The highest BCUT2D eigenvalue weighted by molar-refractivity contribution is 5.75. The Labute approximate surface area is 142 Å². The number of hydrogen-bond acceptors (Lipinski definition) is 4. The van der Waals surface area contributed by atoms with Gasteiger partial charge in [-0.15, -0.1) is 0 Å². The first-order valence-electron chi connectivity index (χ1n) is 8.30. The van der Waals surface area contributed by atoms with Gasteiger partial charge in [0.1, 0.15) is 5.82 Å². The highest BCUT2D eigenvalue weighted by Crippen LogP contribution is 2.34. The maximum Gasteiger partial charge on any atom is 0.225 e. The van der Waals surface area contributed by atoms with E-state index in [0.29, 0.717) is 5.82 Å². The minimum Gasteiger partial charge on any atom is -0.369 e. The van der Waals surface area contributed by atoms with Crippen LogP contribution in [0.4, 0.5) is 0 Å². The number of aryl methyl sites for hydroxylation is 1. The molecule has 6 nitrogen and oxygen atoms in total. The molecule has 1 aromatic carbocycles. The highest BCUT2D eigenvalue weighted by Gasteiger charge is 2.39. The van der Waals surface area contributed by atoms with Gasteiger partial charge in [0.2, 0.25) is 5.91 Å². The number of primary amides is 1. The van der Waals surface area contributed by atoms with Crippen LogP contribution in [0.1, 0.15) is 36.1 Å². The van der Waals surface area contributed by atoms with Crippen molar-refractivity contribution in [1.29, 1.82) is 0 Å². The van der Waals surface area contributed by atoms with Crippen molar-refractivity contribution in [2.24, 2.45) is 5.73 Å². The number of carbonyl (C=O) groups is 1. The molecule has 1 unspecified atom stereocenters. The first-order chi connectivity index (χ1) is 11.3. The van der Waals surface area contributed by atoms with E-state index in [9.17, 15) is 4.79 Å². The van der Waals surface area contributed by atoms with Crippen LogP contribution in [0.15, 0.2) is 18.2 Å². The molecule has 1 aliphatic rings. The Kier molecular flexibility index (Phi) is 4.17. The zero-order chi connectivity index (χ0) is 17.5. The molecule has 24 heavy (non-hydrogen) atoms. The lowest BCUT2D eigenvalue weighted by atomic mass is 9.88. The average Bonchev–Trinajstić information content (AvgIpc) is 3.06. The maximum atomic E-state index is 11.3. The number of aromatic nitrogens is 3. The lowest BCUT2D eigenvalue weighted by Gasteiger charge is -2.24. The summed E-state index contributed by atoms with van der Waals surface area (Å²) in [6.45, 7) is 8.35. The summed E-state index contributed by atoms with van der Waals surface area (Å²) in [5.41, 5.74) is 8.65. The number of amides is 1. The van der Waals surface area contributed by atoms with Gasteiger partial charge in [0.05, 0.1) is 12.1 Å². The summed E-state index contributed by atoms with van der Waals surface area (Å²) in [5, 5.41) is 4.62. The second kappa shape index (κ2) is 6.02. The van der Waals surface area contributed by atoms with Gasteiger partial charge >= 0.3 is 0 Å². The fourth-order valence-electron chi connectivity index (χ4n) is 3.48. The number of likely N-dealkylation sites (tertiary alicyclic amines) is 1. The van der Waals surface area contributed by atoms with Crippen LogP contribution in [-0.4, -0.2) is 45.7 Å². The predicted molar refractivity (Wildman–Crippen MR) is 93.2 cm³/mol. The van der Waals surface area contributed by atoms with E-state index in [-0.39, 0.29) is 11.8 Å². The van der Waals surface area contributed by atoms with Crippen molar-refractivity contribution in [3.8, 4) is 5.69 Å². The van der Waals surface area contributed by atoms with Gasteiger partial charge < -0.3 is 10.6 Å². The van der Waals surface area contributed by atoms with Gasteiger partial charge in [-0.05, 0) is 51.1 Å². The molecule has 0 spiro atoms. The normalized spacial score (nSPS) is 21.3. The molecule has 1 fully saturated rings. The summed E-state index contributed by atoms with van der Waals surface area (Å²) in [7, 11) is 2.12. The van der Waals surface area contributed by atoms with Crippen molar-refractivity contribution in [2.45, 2.75) is 39.0 Å². The van der Waals surface area contributed by atoms with Crippen molar-refractivity contribution in [3.63, 3.8) is 0 Å². The summed E-state index contributed by atoms with van der Waals surface area (Å²) in [4.78, 5) is 18.3. The monoisotopic (exact) mass is 327 g/mol. The molecule has 2 aromatic rings. The number of likely N-dealkylation sites (N-methyl/N-ethyl adjacent to an activating group) is 1. The largest absolute Gasteiger partial charge is 0.369 e. The van der Waals surface area contributed by atoms with Crippen LogP contribution < -0.4 is 5.73 Å². The quantitative estimate of drug-likeness (QED) is 0.923. The molecule has 2 N–H and O–H groups in total. The molecule has 0 aliphatic carbocycles. The van der Waals surface area contributed by atoms with Crippen LogP contribution in [0.3, 0.4) is 0 Å². The maximum absolute atomic E-state index is 11.3. The standard InChI is InChI=1S/C18H25N5O/c1-12-6-5-7-14(13(12)2)23-17(18(3)8-9-22(4)11-18)20-16(21-23)10-15(19)24/h5-7H,8-11H2,1-4H3,(H2,19,24). The molecule has 3 rings (SSSR count). The van der Waals surface area contributed by atoms with E-state index in [4.69, 9.17) is 10.7 Å². The van der Waals surface area contributed by atoms with Gasteiger partial charge in [0.25, 0.3) is 0 Å². The molecule has 1 aliphatic heterocycles. The first-order valence-corrected chi connectivity index (χ1v) is 8.30. The van der Waals surface area contributed by atoms with E-state index < -0.39 is 5.91 Å². The van der Waals surface area contributed by atoms with E-state index in [1.807, 2.05) is 10.7 Å². The zero-order valence-electron chi connectivity index (χ0n) is 14.8. The Bertz CT molecular complexity index is 782. The molecule has 1 atom stereocenters. The van der Waals surface area contributed by atoms with Crippen LogP contribution in [0.25, 0.3) is 5.69 Å². The van der Waals surface area contributed by atoms with Gasteiger partial charge in [-0.1, -0.05) is 19.1 Å². The molecule has 0 saturated carbocycles. The van der Waals surface area contributed by atoms with Crippen LogP contribution in [0, 0.1) is 13.8 Å². The van der Waals surface area contributed by atoms with Gasteiger partial charge in [-0.25, -0.2) is 9.67 Å². The van der Waals surface area contributed by atoms with Crippen molar-refractivity contribution < 1.29 is 4.79 Å². The van der Waals surface area contributed by atoms with Gasteiger partial charge in [0.15, 0.2) is 5.82 Å². The third-order valence-electron chi connectivity index (χ3n) is 4.99. The third kappa shape index (κ3) is 2.94. The molecule has 1 saturated heterocycles. The lowest BCUT2D eigenvalue weighted by Crippen LogP contribution is -2.30. The number of hydrogen-bond donors (Lipinski definition) is 1. The van der Waals surface area contributed by atoms with Crippen molar-refractivity contribution in [3.05, 3.63) is 41.0 Å². The van der Waals surface area contributed by atoms with Crippen LogP contribution >= 0.6 is 0 Å². The second-order valence-electron chi connectivity index (χ2n) is 7.17. The zero-order valence-corrected chi connectivity index (χ0v) is 14.8. The van der Waals surface area contributed by atoms with Crippen LogP contribution in [0.5, 0.6) is 0 Å². The molecule has 0 radical (unpaired) electrons. The molecule has 6 heteroatoms. The Hall–Kier alpha value is -2.21. The first kappa shape index (κ1) is 16.6. The van der Waals surface area contributed by atoms with E-state index in [2.05, 4.69) is 50.0 Å². The Morgan fingerprint density at radius 2 is 2.12 bits per heavy atom. The number of nitrogens with two attached hydrogens (primary N) is 1. The summed E-state index contributed by atoms with van der Waals surface area (Å²) in [6, 6.07) is 6.17. The van der Waals surface area contributed by atoms with Gasteiger partial charge in [-0.2, -0.15) is 5.10 Å². The fraction of sp³-hybridized carbons (Fsp3) is 0.500. The summed E-state index contributed by atoms with van der Waals surface area (Å²) in [5.74, 6) is 0.999. The molecule has 1 aromatic heterocycles. The van der Waals surface area contributed by atoms with E-state index in [0.717, 1.165) is 31.0 Å². The molecular formula is C18H25N5O. The number of nitrogens with zero attached hydrogens (tertiary/aromatic N) is 4. The lowest BCUT2D eigenvalue weighted by molar-refractivity contribution is -0.117. The van der Waals surface area contributed by atoms with E-state index in [1.165, 1.54) is 11.1 Å². The predicted octanol–water partition coefficient (Wildman–Crippen LogP) is 1.51. The van der Waals surface area contributed by atoms with Gasteiger partial charge in [0, 0.05) is 12.0 Å². The molecule has 1 amide bonds. The molecular weight excluding hydrogens is 302 g/mol.